The molecule has 0 saturated heterocycles. The van der Waals surface area contributed by atoms with E-state index in [4.69, 9.17) is 23.2 Å². The second-order valence-corrected chi connectivity index (χ2v) is 4.94. The van der Waals surface area contributed by atoms with Gasteiger partial charge >= 0.3 is 5.97 Å². The Labute approximate surface area is 133 Å². The molecule has 1 heterocycles. The zero-order valence-electron chi connectivity index (χ0n) is 10.3. The lowest BCUT2D eigenvalue weighted by Gasteiger charge is -2.13. The average molecular weight is 333 g/mol. The monoisotopic (exact) mass is 331 g/mol. The topological polar surface area (TPSA) is 50.2 Å². The molecule has 0 aliphatic carbocycles. The molecular formula is C14H12Cl3NO2. The molecule has 2 rings (SSSR count). The molecule has 1 aromatic heterocycles. The van der Waals surface area contributed by atoms with Gasteiger partial charge in [-0.1, -0.05) is 29.3 Å². The van der Waals surface area contributed by atoms with Crippen LogP contribution in [0.4, 0.5) is 0 Å². The van der Waals surface area contributed by atoms with Gasteiger partial charge in [-0.25, -0.2) is 0 Å². The summed E-state index contributed by atoms with van der Waals surface area (Å²) in [5, 5.41) is 10.1. The van der Waals surface area contributed by atoms with Crippen LogP contribution in [0.5, 0.6) is 0 Å². The second kappa shape index (κ2) is 7.48. The number of hydrogen-bond donors (Lipinski definition) is 1. The third-order valence-electron chi connectivity index (χ3n) is 2.83. The summed E-state index contributed by atoms with van der Waals surface area (Å²) in [4.78, 5) is 15.3. The van der Waals surface area contributed by atoms with Crippen LogP contribution < -0.4 is 0 Å². The van der Waals surface area contributed by atoms with Gasteiger partial charge in [0.25, 0.3) is 0 Å². The molecule has 0 saturated carbocycles. The van der Waals surface area contributed by atoms with Gasteiger partial charge in [0.15, 0.2) is 0 Å². The lowest BCUT2D eigenvalue weighted by Crippen LogP contribution is -2.14. The summed E-state index contributed by atoms with van der Waals surface area (Å²) < 4.78 is 0. The van der Waals surface area contributed by atoms with Crippen molar-refractivity contribution in [3.8, 4) is 0 Å². The molecule has 3 nitrogen and oxygen atoms in total. The number of benzene rings is 1. The van der Waals surface area contributed by atoms with Gasteiger partial charge in [-0.2, -0.15) is 0 Å². The van der Waals surface area contributed by atoms with Gasteiger partial charge < -0.3 is 5.11 Å². The first kappa shape index (κ1) is 16.8. The van der Waals surface area contributed by atoms with Crippen LogP contribution in [0, 0.1) is 0 Å². The number of carbonyl (C=O) groups is 1. The average Bonchev–Trinajstić information content (AvgIpc) is 2.40. The predicted molar refractivity (Wildman–Crippen MR) is 82.0 cm³/mol. The minimum atomic E-state index is -0.893. The third-order valence-corrected chi connectivity index (χ3v) is 3.57. The van der Waals surface area contributed by atoms with Crippen LogP contribution in [-0.2, 0) is 11.2 Å². The summed E-state index contributed by atoms with van der Waals surface area (Å²) >= 11 is 11.8. The van der Waals surface area contributed by atoms with Crippen molar-refractivity contribution in [3.63, 3.8) is 0 Å². The maximum absolute atomic E-state index is 11.4. The van der Waals surface area contributed by atoms with Gasteiger partial charge in [0.05, 0.1) is 16.0 Å². The Kier molecular flexibility index (Phi) is 6.27. The zero-order valence-corrected chi connectivity index (χ0v) is 12.6. The Hall–Kier alpha value is -1.29. The number of rotatable bonds is 4. The molecule has 1 aromatic carbocycles. The number of nitrogens with zero attached hydrogens (tertiary/aromatic N) is 1. The third kappa shape index (κ3) is 4.10. The summed E-state index contributed by atoms with van der Waals surface area (Å²) in [5.41, 5.74) is 1.55. The van der Waals surface area contributed by atoms with E-state index in [0.717, 1.165) is 5.56 Å². The first-order valence-corrected chi connectivity index (χ1v) is 6.40. The number of aliphatic carboxylic acids is 1. The van der Waals surface area contributed by atoms with E-state index in [9.17, 15) is 9.90 Å². The molecule has 0 radical (unpaired) electrons. The maximum Gasteiger partial charge on any atom is 0.311 e. The van der Waals surface area contributed by atoms with E-state index in [1.165, 1.54) is 0 Å². The van der Waals surface area contributed by atoms with E-state index in [0.29, 0.717) is 22.0 Å². The molecular weight excluding hydrogens is 321 g/mol. The van der Waals surface area contributed by atoms with E-state index >= 15 is 0 Å². The number of hydrogen-bond acceptors (Lipinski definition) is 2. The Morgan fingerprint density at radius 3 is 2.35 bits per heavy atom. The standard InChI is InChI=1S/C14H11Cl2NO2.ClH/c15-12-2-1-10(8-13(12)16)11(14(18)19)7-9-3-5-17-6-4-9;/h1-6,8,11H,7H2,(H,18,19);1H. The van der Waals surface area contributed by atoms with Crippen LogP contribution in [0.2, 0.25) is 10.0 Å². The first-order chi connectivity index (χ1) is 9.08. The minimum absolute atomic E-state index is 0. The fourth-order valence-electron chi connectivity index (χ4n) is 1.83. The quantitative estimate of drug-likeness (QED) is 0.912. The van der Waals surface area contributed by atoms with Crippen molar-refractivity contribution < 1.29 is 9.90 Å². The molecule has 1 unspecified atom stereocenters. The van der Waals surface area contributed by atoms with Crippen molar-refractivity contribution in [2.75, 3.05) is 0 Å². The fourth-order valence-corrected chi connectivity index (χ4v) is 2.14. The number of aromatic nitrogens is 1. The Morgan fingerprint density at radius 1 is 1.15 bits per heavy atom. The summed E-state index contributed by atoms with van der Waals surface area (Å²) in [6.07, 6.45) is 3.67. The molecule has 0 spiro atoms. The van der Waals surface area contributed by atoms with E-state index in [-0.39, 0.29) is 12.4 Å². The van der Waals surface area contributed by atoms with Crippen LogP contribution in [0.25, 0.3) is 0 Å². The molecule has 0 fully saturated rings. The van der Waals surface area contributed by atoms with Gasteiger partial charge in [0, 0.05) is 12.4 Å². The summed E-state index contributed by atoms with van der Waals surface area (Å²) in [7, 11) is 0. The molecule has 0 aliphatic rings. The van der Waals surface area contributed by atoms with Crippen molar-refractivity contribution in [1.82, 2.24) is 4.98 Å². The highest BCUT2D eigenvalue weighted by Crippen LogP contribution is 2.28. The smallest absolute Gasteiger partial charge is 0.311 e. The van der Waals surface area contributed by atoms with E-state index < -0.39 is 11.9 Å². The van der Waals surface area contributed by atoms with Crippen LogP contribution in [-0.4, -0.2) is 16.1 Å². The number of carboxylic acid groups (broad SMARTS) is 1. The van der Waals surface area contributed by atoms with Crippen molar-refractivity contribution in [3.05, 3.63) is 63.9 Å². The van der Waals surface area contributed by atoms with Gasteiger partial charge in [0.2, 0.25) is 0 Å². The number of halogens is 3. The maximum atomic E-state index is 11.4. The molecule has 1 atom stereocenters. The summed E-state index contributed by atoms with van der Waals surface area (Å²) in [6.45, 7) is 0. The Bertz CT molecular complexity index is 590. The minimum Gasteiger partial charge on any atom is -0.481 e. The van der Waals surface area contributed by atoms with Gasteiger partial charge in [-0.3, -0.25) is 9.78 Å². The molecule has 2 aromatic rings. The summed E-state index contributed by atoms with van der Waals surface area (Å²) in [6, 6.07) is 8.50. The van der Waals surface area contributed by atoms with Crippen LogP contribution in [0.15, 0.2) is 42.7 Å². The molecule has 0 amide bonds. The highest BCUT2D eigenvalue weighted by molar-refractivity contribution is 6.42. The molecule has 0 bridgehead atoms. The molecule has 6 heteroatoms. The highest BCUT2D eigenvalue weighted by atomic mass is 35.5. The van der Waals surface area contributed by atoms with Crippen LogP contribution >= 0.6 is 35.6 Å². The molecule has 20 heavy (non-hydrogen) atoms. The van der Waals surface area contributed by atoms with Crippen LogP contribution in [0.3, 0.4) is 0 Å². The van der Waals surface area contributed by atoms with E-state index in [1.54, 1.807) is 42.7 Å². The Morgan fingerprint density at radius 2 is 1.80 bits per heavy atom. The summed E-state index contributed by atoms with van der Waals surface area (Å²) in [5.74, 6) is -1.55. The number of pyridine rings is 1. The second-order valence-electron chi connectivity index (χ2n) is 4.12. The largest absolute Gasteiger partial charge is 0.481 e. The van der Waals surface area contributed by atoms with Gasteiger partial charge in [0.1, 0.15) is 0 Å². The first-order valence-electron chi connectivity index (χ1n) is 5.64. The van der Waals surface area contributed by atoms with E-state index in [2.05, 4.69) is 4.98 Å². The highest BCUT2D eigenvalue weighted by Gasteiger charge is 2.21. The predicted octanol–water partition coefficient (Wildman–Crippen LogP) is 4.22. The lowest BCUT2D eigenvalue weighted by atomic mass is 9.92. The van der Waals surface area contributed by atoms with Crippen molar-refractivity contribution in [2.24, 2.45) is 0 Å². The number of carboxylic acids is 1. The van der Waals surface area contributed by atoms with E-state index in [1.807, 2.05) is 0 Å². The van der Waals surface area contributed by atoms with Crippen molar-refractivity contribution in [2.45, 2.75) is 12.3 Å². The van der Waals surface area contributed by atoms with Crippen LogP contribution in [0.1, 0.15) is 17.0 Å². The Balaban J connectivity index is 0.00000200. The molecule has 106 valence electrons. The zero-order chi connectivity index (χ0) is 13.8. The van der Waals surface area contributed by atoms with Crippen molar-refractivity contribution >= 4 is 41.6 Å². The van der Waals surface area contributed by atoms with Crippen molar-refractivity contribution in [1.29, 1.82) is 0 Å². The SMILES string of the molecule is Cl.O=C(O)C(Cc1ccncc1)c1ccc(Cl)c(Cl)c1. The lowest BCUT2D eigenvalue weighted by molar-refractivity contribution is -0.138. The fraction of sp³-hybridized carbons (Fsp3) is 0.143. The molecule has 1 N–H and O–H groups in total. The van der Waals surface area contributed by atoms with Gasteiger partial charge in [-0.15, -0.1) is 12.4 Å². The molecule has 0 aliphatic heterocycles. The van der Waals surface area contributed by atoms with Gasteiger partial charge in [-0.05, 0) is 41.8 Å². The normalized spacial score (nSPS) is 11.5.